The van der Waals surface area contributed by atoms with Crippen molar-refractivity contribution in [2.45, 2.75) is 12.7 Å². The van der Waals surface area contributed by atoms with E-state index in [1.54, 1.807) is 17.0 Å². The molecule has 1 aromatic heterocycles. The zero-order chi connectivity index (χ0) is 20.9. The number of ether oxygens (including phenoxy) is 1. The number of aromatic nitrogens is 1. The van der Waals surface area contributed by atoms with Gasteiger partial charge in [0.25, 0.3) is 0 Å². The highest BCUT2D eigenvalue weighted by atomic mass is 35.5. The topological polar surface area (TPSA) is 57.7 Å². The largest absolute Gasteiger partial charge is 0.468 e. The highest BCUT2D eigenvalue weighted by molar-refractivity contribution is 6.33. The lowest BCUT2D eigenvalue weighted by atomic mass is 10.2. The molecular weight excluding hydrogens is 409 g/mol. The number of benzene rings is 1. The second-order valence-electron chi connectivity index (χ2n) is 6.46. The van der Waals surface area contributed by atoms with Gasteiger partial charge in [0.15, 0.2) is 6.61 Å². The van der Waals surface area contributed by atoms with E-state index in [4.69, 9.17) is 16.3 Å². The van der Waals surface area contributed by atoms with Gasteiger partial charge in [-0.3, -0.25) is 0 Å². The molecule has 1 aliphatic heterocycles. The van der Waals surface area contributed by atoms with E-state index in [1.165, 1.54) is 6.20 Å². The maximum atomic E-state index is 12.4. The van der Waals surface area contributed by atoms with E-state index in [2.05, 4.69) is 15.2 Å². The van der Waals surface area contributed by atoms with Crippen molar-refractivity contribution in [3.05, 3.63) is 53.2 Å². The number of pyridine rings is 1. The summed E-state index contributed by atoms with van der Waals surface area (Å²) in [6.07, 6.45) is -3.12. The Morgan fingerprint density at radius 2 is 1.86 bits per heavy atom. The molecule has 156 valence electrons. The van der Waals surface area contributed by atoms with Gasteiger partial charge in [-0.05, 0) is 18.2 Å². The number of nitrogens with one attached hydrogen (secondary N) is 1. The number of halogens is 4. The van der Waals surface area contributed by atoms with Crippen LogP contribution in [0.15, 0.2) is 42.6 Å². The molecule has 29 heavy (non-hydrogen) atoms. The van der Waals surface area contributed by atoms with Gasteiger partial charge in [-0.1, -0.05) is 29.8 Å². The van der Waals surface area contributed by atoms with Crippen LogP contribution in [0.1, 0.15) is 5.56 Å². The third kappa shape index (κ3) is 5.90. The Morgan fingerprint density at radius 1 is 1.14 bits per heavy atom. The second-order valence-corrected chi connectivity index (χ2v) is 6.86. The number of hydrogen-bond donors (Lipinski definition) is 1. The van der Waals surface area contributed by atoms with Gasteiger partial charge in [-0.2, -0.15) is 13.2 Å². The molecule has 2 aromatic rings. The normalized spacial score (nSPS) is 14.6. The molecule has 6 nitrogen and oxygen atoms in total. The first-order valence-corrected chi connectivity index (χ1v) is 9.37. The molecule has 0 radical (unpaired) electrons. The van der Waals surface area contributed by atoms with Crippen molar-refractivity contribution in [3.63, 3.8) is 0 Å². The zero-order valence-electron chi connectivity index (χ0n) is 15.5. The van der Waals surface area contributed by atoms with E-state index in [9.17, 15) is 18.0 Å². The molecule has 0 bridgehead atoms. The number of carbonyl (C=O) groups excluding carboxylic acids is 1. The SMILES string of the molecule is O=C(NCc1cccnc1OCC(F)(F)F)N1CCN(c2ccccc2Cl)CC1. The molecule has 1 aliphatic rings. The predicted octanol–water partition coefficient (Wildman–Crippen LogP) is 3.71. The molecule has 0 unspecified atom stereocenters. The third-order valence-corrected chi connectivity index (χ3v) is 4.73. The minimum atomic E-state index is -4.46. The standard InChI is InChI=1S/C19H20ClF3N4O2/c20-15-5-1-2-6-16(15)26-8-10-27(11-9-26)18(28)25-12-14-4-3-7-24-17(14)29-13-19(21,22)23/h1-7H,8-13H2,(H,25,28). The molecule has 0 atom stereocenters. The summed E-state index contributed by atoms with van der Waals surface area (Å²) >= 11 is 6.22. The molecule has 1 aromatic carbocycles. The van der Waals surface area contributed by atoms with Gasteiger partial charge in [0.05, 0.1) is 10.7 Å². The van der Waals surface area contributed by atoms with E-state index >= 15 is 0 Å². The number of carbonyl (C=O) groups is 1. The Morgan fingerprint density at radius 3 is 2.55 bits per heavy atom. The van der Waals surface area contributed by atoms with E-state index in [0.29, 0.717) is 36.8 Å². The number of para-hydroxylation sites is 1. The molecular formula is C19H20ClF3N4O2. The van der Waals surface area contributed by atoms with Crippen molar-refractivity contribution in [2.24, 2.45) is 0 Å². The number of anilines is 1. The van der Waals surface area contributed by atoms with Crippen LogP contribution in [0, 0.1) is 0 Å². The first-order chi connectivity index (χ1) is 13.8. The summed E-state index contributed by atoms with van der Waals surface area (Å²) in [5, 5.41) is 3.37. The van der Waals surface area contributed by atoms with Crippen LogP contribution in [0.2, 0.25) is 5.02 Å². The van der Waals surface area contributed by atoms with Gasteiger partial charge in [0, 0.05) is 44.5 Å². The van der Waals surface area contributed by atoms with Crippen molar-refractivity contribution in [2.75, 3.05) is 37.7 Å². The quantitative estimate of drug-likeness (QED) is 0.788. The van der Waals surface area contributed by atoms with Gasteiger partial charge in [0.2, 0.25) is 5.88 Å². The summed E-state index contributed by atoms with van der Waals surface area (Å²) in [6, 6.07) is 10.4. The third-order valence-electron chi connectivity index (χ3n) is 4.41. The molecule has 0 spiro atoms. The van der Waals surface area contributed by atoms with Crippen molar-refractivity contribution in [1.29, 1.82) is 0 Å². The number of rotatable bonds is 5. The lowest BCUT2D eigenvalue weighted by Crippen LogP contribution is -2.51. The summed E-state index contributed by atoms with van der Waals surface area (Å²) in [6.45, 7) is 0.844. The second kappa shape index (κ2) is 9.21. The predicted molar refractivity (Wildman–Crippen MR) is 103 cm³/mol. The van der Waals surface area contributed by atoms with Crippen molar-refractivity contribution in [1.82, 2.24) is 15.2 Å². The molecule has 2 heterocycles. The molecule has 2 amide bonds. The number of urea groups is 1. The maximum absolute atomic E-state index is 12.4. The smallest absolute Gasteiger partial charge is 0.422 e. The summed E-state index contributed by atoms with van der Waals surface area (Å²) in [4.78, 5) is 20.0. The van der Waals surface area contributed by atoms with E-state index in [-0.39, 0.29) is 18.5 Å². The summed E-state index contributed by atoms with van der Waals surface area (Å²) in [5.74, 6) is -0.145. The summed E-state index contributed by atoms with van der Waals surface area (Å²) < 4.78 is 41.8. The first-order valence-electron chi connectivity index (χ1n) is 8.99. The van der Waals surface area contributed by atoms with Crippen LogP contribution in [0.5, 0.6) is 5.88 Å². The Hall–Kier alpha value is -2.68. The lowest BCUT2D eigenvalue weighted by Gasteiger charge is -2.36. The van der Waals surface area contributed by atoms with Crippen LogP contribution >= 0.6 is 11.6 Å². The maximum Gasteiger partial charge on any atom is 0.422 e. The monoisotopic (exact) mass is 428 g/mol. The van der Waals surface area contributed by atoms with E-state index in [0.717, 1.165) is 5.69 Å². The van der Waals surface area contributed by atoms with Crippen LogP contribution < -0.4 is 15.0 Å². The molecule has 3 rings (SSSR count). The fourth-order valence-corrected chi connectivity index (χ4v) is 3.24. The lowest BCUT2D eigenvalue weighted by molar-refractivity contribution is -0.154. The van der Waals surface area contributed by atoms with Crippen molar-refractivity contribution in [3.8, 4) is 5.88 Å². The molecule has 0 aliphatic carbocycles. The van der Waals surface area contributed by atoms with Crippen molar-refractivity contribution >= 4 is 23.3 Å². The van der Waals surface area contributed by atoms with Gasteiger partial charge >= 0.3 is 12.2 Å². The van der Waals surface area contributed by atoms with E-state index < -0.39 is 12.8 Å². The fraction of sp³-hybridized carbons (Fsp3) is 0.368. The van der Waals surface area contributed by atoms with Crippen LogP contribution in [-0.4, -0.2) is 54.9 Å². The van der Waals surface area contributed by atoms with Gasteiger partial charge in [-0.25, -0.2) is 9.78 Å². The minimum Gasteiger partial charge on any atom is -0.468 e. The average Bonchev–Trinajstić information content (AvgIpc) is 2.71. The molecule has 0 saturated carbocycles. The number of piperazine rings is 1. The van der Waals surface area contributed by atoms with E-state index in [1.807, 2.05) is 24.3 Å². The number of alkyl halides is 3. The molecule has 1 saturated heterocycles. The van der Waals surface area contributed by atoms with Crippen LogP contribution in [0.4, 0.5) is 23.7 Å². The highest BCUT2D eigenvalue weighted by Gasteiger charge is 2.29. The van der Waals surface area contributed by atoms with Gasteiger partial charge in [-0.15, -0.1) is 0 Å². The summed E-state index contributed by atoms with van der Waals surface area (Å²) in [7, 11) is 0. The highest BCUT2D eigenvalue weighted by Crippen LogP contribution is 2.26. The fourth-order valence-electron chi connectivity index (χ4n) is 2.98. The molecule has 1 fully saturated rings. The Labute approximate surface area is 171 Å². The first kappa shape index (κ1) is 21.0. The number of hydrogen-bond acceptors (Lipinski definition) is 4. The van der Waals surface area contributed by atoms with Crippen LogP contribution in [0.3, 0.4) is 0 Å². The summed E-state index contributed by atoms with van der Waals surface area (Å²) in [5.41, 5.74) is 1.30. The Balaban J connectivity index is 1.51. The zero-order valence-corrected chi connectivity index (χ0v) is 16.2. The van der Waals surface area contributed by atoms with Crippen LogP contribution in [-0.2, 0) is 6.54 Å². The van der Waals surface area contributed by atoms with Crippen LogP contribution in [0.25, 0.3) is 0 Å². The number of amides is 2. The van der Waals surface area contributed by atoms with Gasteiger partial charge in [0.1, 0.15) is 0 Å². The minimum absolute atomic E-state index is 0.0184. The number of nitrogens with zero attached hydrogens (tertiary/aromatic N) is 3. The molecule has 10 heteroatoms. The van der Waals surface area contributed by atoms with Crippen molar-refractivity contribution < 1.29 is 22.7 Å². The average molecular weight is 429 g/mol. The Kier molecular flexibility index (Phi) is 6.68. The molecule has 1 N–H and O–H groups in total. The Bertz CT molecular complexity index is 842. The van der Waals surface area contributed by atoms with Gasteiger partial charge < -0.3 is 19.9 Å².